The van der Waals surface area contributed by atoms with Crippen molar-refractivity contribution in [3.8, 4) is 0 Å². The molecule has 0 atom stereocenters. The number of rotatable bonds is 3. The van der Waals surface area contributed by atoms with E-state index in [1.54, 1.807) is 0 Å². The number of sulfonamides is 1. The van der Waals surface area contributed by atoms with Crippen molar-refractivity contribution in [2.75, 3.05) is 10.8 Å². The van der Waals surface area contributed by atoms with Crippen LogP contribution in [-0.2, 0) is 23.5 Å². The fourth-order valence-corrected chi connectivity index (χ4v) is 6.71. The molecule has 1 aliphatic rings. The smallest absolute Gasteiger partial charge is 0.279 e. The summed E-state index contributed by atoms with van der Waals surface area (Å²) >= 11 is 1.45. The second kappa shape index (κ2) is 7.72. The van der Waals surface area contributed by atoms with Gasteiger partial charge in [-0.3, -0.25) is 9.10 Å². The normalized spacial score (nSPS) is 14.2. The molecule has 5 rings (SSSR count). The first-order valence-electron chi connectivity index (χ1n) is 10.2. The summed E-state index contributed by atoms with van der Waals surface area (Å²) < 4.78 is 30.7. The van der Waals surface area contributed by atoms with E-state index >= 15 is 0 Å². The van der Waals surface area contributed by atoms with Crippen LogP contribution in [0.5, 0.6) is 0 Å². The minimum Gasteiger partial charge on any atom is -0.319 e. The van der Waals surface area contributed by atoms with E-state index < -0.39 is 15.9 Å². The summed E-state index contributed by atoms with van der Waals surface area (Å²) in [6.45, 7) is 2.44. The minimum absolute atomic E-state index is 0.161. The molecule has 0 unspecified atom stereocenters. The third kappa shape index (κ3) is 3.36. The van der Waals surface area contributed by atoms with E-state index in [4.69, 9.17) is 0 Å². The Morgan fingerprint density at radius 2 is 1.75 bits per heavy atom. The first-order valence-corrected chi connectivity index (χ1v) is 12.5. The Morgan fingerprint density at radius 1 is 1.00 bits per heavy atom. The van der Waals surface area contributed by atoms with Gasteiger partial charge in [-0.15, -0.1) is 0 Å². The van der Waals surface area contributed by atoms with Crippen molar-refractivity contribution in [3.05, 3.63) is 88.2 Å². The van der Waals surface area contributed by atoms with Crippen LogP contribution in [0.2, 0.25) is 0 Å². The molecular formula is C24H21N3O3S2. The summed E-state index contributed by atoms with van der Waals surface area (Å²) in [5.41, 5.74) is 4.26. The van der Waals surface area contributed by atoms with E-state index in [-0.39, 0.29) is 4.90 Å². The van der Waals surface area contributed by atoms with Gasteiger partial charge in [-0.1, -0.05) is 41.7 Å². The highest BCUT2D eigenvalue weighted by Gasteiger charge is 2.30. The first-order chi connectivity index (χ1) is 15.4. The molecule has 6 nitrogen and oxygen atoms in total. The highest BCUT2D eigenvalue weighted by Crippen LogP contribution is 2.32. The lowest BCUT2D eigenvalue weighted by Crippen LogP contribution is -2.29. The van der Waals surface area contributed by atoms with E-state index in [0.29, 0.717) is 23.3 Å². The van der Waals surface area contributed by atoms with Crippen molar-refractivity contribution >= 4 is 43.2 Å². The fraction of sp³-hybridized carbons (Fsp3) is 0.167. The second-order valence-electron chi connectivity index (χ2n) is 7.76. The van der Waals surface area contributed by atoms with Crippen LogP contribution < -0.4 is 9.11 Å². The van der Waals surface area contributed by atoms with Gasteiger partial charge in [0.15, 0.2) is 4.80 Å². The Hall–Kier alpha value is -3.23. The molecular weight excluding hydrogens is 442 g/mol. The van der Waals surface area contributed by atoms with Crippen molar-refractivity contribution < 1.29 is 13.2 Å². The van der Waals surface area contributed by atoms with Crippen LogP contribution in [0.25, 0.3) is 10.2 Å². The van der Waals surface area contributed by atoms with Gasteiger partial charge in [0.25, 0.3) is 15.9 Å². The molecule has 0 bridgehead atoms. The fourth-order valence-electron chi connectivity index (χ4n) is 4.11. The summed E-state index contributed by atoms with van der Waals surface area (Å²) in [6.07, 6.45) is 0.691. The zero-order valence-electron chi connectivity index (χ0n) is 17.6. The standard InChI is InChI=1S/C24H21N3O3S2/c1-16-6-5-9-21-22(16)26(2)24(31-21)25-23(28)18-10-12-19(13-11-18)32(29,30)27-15-14-17-7-3-4-8-20(17)27/h3-13H,14-15H2,1-2H3. The lowest BCUT2D eigenvalue weighted by molar-refractivity contribution is 0.0998. The van der Waals surface area contributed by atoms with Crippen LogP contribution in [0.4, 0.5) is 5.69 Å². The molecule has 0 spiro atoms. The molecule has 2 heterocycles. The molecule has 0 N–H and O–H groups in total. The average Bonchev–Trinajstić information content (AvgIpc) is 3.36. The molecule has 1 aliphatic heterocycles. The number of carbonyl (C=O) groups is 1. The van der Waals surface area contributed by atoms with Crippen molar-refractivity contribution in [3.63, 3.8) is 0 Å². The molecule has 1 aromatic heterocycles. The van der Waals surface area contributed by atoms with Gasteiger partial charge in [0.1, 0.15) is 0 Å². The maximum Gasteiger partial charge on any atom is 0.279 e. The number of hydrogen-bond acceptors (Lipinski definition) is 4. The SMILES string of the molecule is Cc1cccc2sc(=NC(=O)c3ccc(S(=O)(=O)N4CCc5ccccc54)cc3)n(C)c12. The van der Waals surface area contributed by atoms with Crippen LogP contribution in [0.1, 0.15) is 21.5 Å². The number of nitrogens with zero attached hydrogens (tertiary/aromatic N) is 3. The number of para-hydroxylation sites is 2. The monoisotopic (exact) mass is 463 g/mol. The van der Waals surface area contributed by atoms with E-state index in [1.807, 2.05) is 61.0 Å². The number of benzene rings is 3. The zero-order valence-corrected chi connectivity index (χ0v) is 19.3. The first kappa shape index (κ1) is 20.7. The molecule has 4 aromatic rings. The molecule has 3 aromatic carbocycles. The summed E-state index contributed by atoms with van der Waals surface area (Å²) in [7, 11) is -1.80. The number of thiazole rings is 1. The van der Waals surface area contributed by atoms with Gasteiger partial charge >= 0.3 is 0 Å². The van der Waals surface area contributed by atoms with E-state index in [0.717, 1.165) is 27.0 Å². The molecule has 0 fully saturated rings. The lowest BCUT2D eigenvalue weighted by atomic mass is 10.2. The predicted octanol–water partition coefficient (Wildman–Crippen LogP) is 4.04. The Labute approximate surface area is 190 Å². The zero-order chi connectivity index (χ0) is 22.5. The Morgan fingerprint density at radius 3 is 2.50 bits per heavy atom. The number of amides is 1. The third-order valence-electron chi connectivity index (χ3n) is 5.76. The number of aryl methyl sites for hydroxylation is 2. The van der Waals surface area contributed by atoms with Gasteiger partial charge in [-0.25, -0.2) is 8.42 Å². The van der Waals surface area contributed by atoms with Gasteiger partial charge in [-0.2, -0.15) is 4.99 Å². The topological polar surface area (TPSA) is 71.7 Å². The van der Waals surface area contributed by atoms with Crippen molar-refractivity contribution in [1.29, 1.82) is 0 Å². The van der Waals surface area contributed by atoms with Gasteiger partial charge in [0.2, 0.25) is 0 Å². The molecule has 0 radical (unpaired) electrons. The lowest BCUT2D eigenvalue weighted by Gasteiger charge is -2.19. The van der Waals surface area contributed by atoms with Crippen molar-refractivity contribution in [2.45, 2.75) is 18.2 Å². The molecule has 8 heteroatoms. The summed E-state index contributed by atoms with van der Waals surface area (Å²) in [5, 5.41) is 0. The maximum atomic E-state index is 13.2. The highest BCUT2D eigenvalue weighted by atomic mass is 32.2. The summed E-state index contributed by atoms with van der Waals surface area (Å²) in [4.78, 5) is 17.8. The molecule has 0 aliphatic carbocycles. The Kier molecular flexibility index (Phi) is 4.98. The summed E-state index contributed by atoms with van der Waals surface area (Å²) in [5.74, 6) is -0.403. The predicted molar refractivity (Wildman–Crippen MR) is 127 cm³/mol. The third-order valence-corrected chi connectivity index (χ3v) is 8.68. The van der Waals surface area contributed by atoms with E-state index in [1.165, 1.54) is 39.9 Å². The number of anilines is 1. The number of hydrogen-bond donors (Lipinski definition) is 0. The van der Waals surface area contributed by atoms with Crippen molar-refractivity contribution in [1.82, 2.24) is 4.57 Å². The maximum absolute atomic E-state index is 13.2. The van der Waals surface area contributed by atoms with Gasteiger partial charge in [-0.05, 0) is 60.9 Å². The molecule has 32 heavy (non-hydrogen) atoms. The quantitative estimate of drug-likeness (QED) is 0.460. The molecule has 1 amide bonds. The van der Waals surface area contributed by atoms with E-state index in [2.05, 4.69) is 4.99 Å². The average molecular weight is 464 g/mol. The number of carbonyl (C=O) groups excluding carboxylic acids is 1. The van der Waals surface area contributed by atoms with E-state index in [9.17, 15) is 13.2 Å². The molecule has 162 valence electrons. The van der Waals surface area contributed by atoms with Crippen molar-refractivity contribution in [2.24, 2.45) is 12.0 Å². The van der Waals surface area contributed by atoms with Crippen LogP contribution >= 0.6 is 11.3 Å². The Bertz CT molecular complexity index is 1530. The highest BCUT2D eigenvalue weighted by molar-refractivity contribution is 7.92. The number of aromatic nitrogens is 1. The molecule has 0 saturated heterocycles. The molecule has 0 saturated carbocycles. The van der Waals surface area contributed by atoms with Crippen LogP contribution in [-0.4, -0.2) is 25.4 Å². The second-order valence-corrected chi connectivity index (χ2v) is 10.6. The summed E-state index contributed by atoms with van der Waals surface area (Å²) in [6, 6.07) is 19.6. The van der Waals surface area contributed by atoms with Gasteiger partial charge < -0.3 is 4.57 Å². The van der Waals surface area contributed by atoms with Crippen LogP contribution in [0.15, 0.2) is 76.6 Å². The Balaban J connectivity index is 1.45. The van der Waals surface area contributed by atoms with Crippen LogP contribution in [0.3, 0.4) is 0 Å². The van der Waals surface area contributed by atoms with Gasteiger partial charge in [0.05, 0.1) is 20.8 Å². The minimum atomic E-state index is -3.69. The number of fused-ring (bicyclic) bond motifs is 2. The van der Waals surface area contributed by atoms with Crippen LogP contribution in [0, 0.1) is 6.92 Å². The van der Waals surface area contributed by atoms with Gasteiger partial charge in [0, 0.05) is 19.2 Å². The largest absolute Gasteiger partial charge is 0.319 e.